The SMILES string of the molecule is C[C@H](NCCC(C)(C)C#N)c1ccccc1. The quantitative estimate of drug-likeness (QED) is 0.820. The highest BCUT2D eigenvalue weighted by Crippen LogP contribution is 2.18. The molecule has 0 unspecified atom stereocenters. The third kappa shape index (κ3) is 4.04. The van der Waals surface area contributed by atoms with Gasteiger partial charge in [-0.15, -0.1) is 0 Å². The van der Waals surface area contributed by atoms with Crippen molar-refractivity contribution in [3.63, 3.8) is 0 Å². The van der Waals surface area contributed by atoms with Crippen LogP contribution in [0.25, 0.3) is 0 Å². The molecule has 0 saturated carbocycles. The molecule has 0 aliphatic heterocycles. The van der Waals surface area contributed by atoms with Gasteiger partial charge in [-0.1, -0.05) is 30.3 Å². The Morgan fingerprint density at radius 1 is 1.31 bits per heavy atom. The Morgan fingerprint density at radius 2 is 1.94 bits per heavy atom. The molecular weight excluding hydrogens is 196 g/mol. The van der Waals surface area contributed by atoms with Crippen LogP contribution < -0.4 is 5.32 Å². The fraction of sp³-hybridized carbons (Fsp3) is 0.500. The van der Waals surface area contributed by atoms with Crippen LogP contribution in [-0.2, 0) is 0 Å². The number of nitrogens with zero attached hydrogens (tertiary/aromatic N) is 1. The zero-order valence-electron chi connectivity index (χ0n) is 10.3. The minimum Gasteiger partial charge on any atom is -0.310 e. The fourth-order valence-corrected chi connectivity index (χ4v) is 1.52. The zero-order valence-corrected chi connectivity index (χ0v) is 10.3. The van der Waals surface area contributed by atoms with Crippen LogP contribution in [0.5, 0.6) is 0 Å². The Labute approximate surface area is 98.3 Å². The minimum atomic E-state index is -0.233. The first-order chi connectivity index (χ1) is 7.55. The molecule has 0 spiro atoms. The van der Waals surface area contributed by atoms with Gasteiger partial charge in [0, 0.05) is 6.04 Å². The number of hydrogen-bond donors (Lipinski definition) is 1. The maximum atomic E-state index is 8.90. The van der Waals surface area contributed by atoms with Crippen LogP contribution >= 0.6 is 0 Å². The second-order valence-electron chi connectivity index (χ2n) is 4.83. The van der Waals surface area contributed by atoms with E-state index in [9.17, 15) is 0 Å². The van der Waals surface area contributed by atoms with Crippen molar-refractivity contribution in [3.05, 3.63) is 35.9 Å². The lowest BCUT2D eigenvalue weighted by Crippen LogP contribution is -2.24. The molecule has 2 nitrogen and oxygen atoms in total. The molecule has 1 N–H and O–H groups in total. The molecule has 0 heterocycles. The van der Waals surface area contributed by atoms with Gasteiger partial charge in [0.15, 0.2) is 0 Å². The summed E-state index contributed by atoms with van der Waals surface area (Å²) in [7, 11) is 0. The molecule has 0 aliphatic carbocycles. The first-order valence-corrected chi connectivity index (χ1v) is 5.75. The van der Waals surface area contributed by atoms with Crippen molar-refractivity contribution < 1.29 is 0 Å². The molecule has 1 aromatic rings. The van der Waals surface area contributed by atoms with Crippen LogP contribution in [-0.4, -0.2) is 6.54 Å². The van der Waals surface area contributed by atoms with Crippen molar-refractivity contribution in [1.29, 1.82) is 5.26 Å². The van der Waals surface area contributed by atoms with Crippen molar-refractivity contribution >= 4 is 0 Å². The minimum absolute atomic E-state index is 0.233. The summed E-state index contributed by atoms with van der Waals surface area (Å²) in [6.45, 7) is 6.97. The topological polar surface area (TPSA) is 35.8 Å². The molecule has 1 aromatic carbocycles. The van der Waals surface area contributed by atoms with E-state index in [0.717, 1.165) is 13.0 Å². The van der Waals surface area contributed by atoms with Crippen molar-refractivity contribution in [3.8, 4) is 6.07 Å². The number of benzene rings is 1. The molecule has 16 heavy (non-hydrogen) atoms. The van der Waals surface area contributed by atoms with E-state index in [0.29, 0.717) is 6.04 Å². The number of nitrogens with one attached hydrogen (secondary N) is 1. The number of hydrogen-bond acceptors (Lipinski definition) is 2. The number of nitriles is 1. The van der Waals surface area contributed by atoms with E-state index in [1.165, 1.54) is 5.56 Å². The van der Waals surface area contributed by atoms with Gasteiger partial charge < -0.3 is 5.32 Å². The zero-order chi connectivity index (χ0) is 12.0. The largest absolute Gasteiger partial charge is 0.310 e. The van der Waals surface area contributed by atoms with E-state index < -0.39 is 0 Å². The van der Waals surface area contributed by atoms with Gasteiger partial charge >= 0.3 is 0 Å². The predicted molar refractivity (Wildman–Crippen MR) is 66.9 cm³/mol. The fourth-order valence-electron chi connectivity index (χ4n) is 1.52. The summed E-state index contributed by atoms with van der Waals surface area (Å²) in [6.07, 6.45) is 0.876. The van der Waals surface area contributed by atoms with Crippen molar-refractivity contribution in [2.24, 2.45) is 5.41 Å². The summed E-state index contributed by atoms with van der Waals surface area (Å²) in [4.78, 5) is 0. The van der Waals surface area contributed by atoms with Crippen molar-refractivity contribution in [2.75, 3.05) is 6.54 Å². The number of rotatable bonds is 5. The Balaban J connectivity index is 2.38. The van der Waals surface area contributed by atoms with Gasteiger partial charge in [-0.05, 0) is 39.3 Å². The molecule has 2 heteroatoms. The predicted octanol–water partition coefficient (Wildman–Crippen LogP) is 3.28. The normalized spacial score (nSPS) is 13.1. The van der Waals surface area contributed by atoms with E-state index in [1.54, 1.807) is 0 Å². The van der Waals surface area contributed by atoms with Gasteiger partial charge in [0.05, 0.1) is 11.5 Å². The molecule has 1 rings (SSSR count). The van der Waals surface area contributed by atoms with Gasteiger partial charge in [-0.3, -0.25) is 0 Å². The summed E-state index contributed by atoms with van der Waals surface area (Å²) in [5, 5.41) is 12.3. The summed E-state index contributed by atoms with van der Waals surface area (Å²) < 4.78 is 0. The van der Waals surface area contributed by atoms with Gasteiger partial charge in [-0.2, -0.15) is 5.26 Å². The Hall–Kier alpha value is -1.33. The maximum absolute atomic E-state index is 8.90. The van der Waals surface area contributed by atoms with Crippen molar-refractivity contribution in [2.45, 2.75) is 33.2 Å². The second-order valence-corrected chi connectivity index (χ2v) is 4.83. The van der Waals surface area contributed by atoms with Crippen LogP contribution in [0.15, 0.2) is 30.3 Å². The summed E-state index contributed by atoms with van der Waals surface area (Å²) >= 11 is 0. The van der Waals surface area contributed by atoms with Crippen LogP contribution in [0.2, 0.25) is 0 Å². The molecule has 0 aromatic heterocycles. The molecule has 0 radical (unpaired) electrons. The first-order valence-electron chi connectivity index (χ1n) is 5.75. The monoisotopic (exact) mass is 216 g/mol. The van der Waals surface area contributed by atoms with Gasteiger partial charge in [0.25, 0.3) is 0 Å². The van der Waals surface area contributed by atoms with Gasteiger partial charge in [0.2, 0.25) is 0 Å². The molecule has 0 saturated heterocycles. The highest BCUT2D eigenvalue weighted by atomic mass is 14.9. The van der Waals surface area contributed by atoms with E-state index in [4.69, 9.17) is 5.26 Å². The molecule has 0 aliphatic rings. The molecular formula is C14H20N2. The highest BCUT2D eigenvalue weighted by Gasteiger charge is 2.16. The Bertz CT molecular complexity index is 349. The first kappa shape index (κ1) is 12.7. The average molecular weight is 216 g/mol. The standard InChI is InChI=1S/C14H20N2/c1-12(13-7-5-4-6-8-13)16-10-9-14(2,3)11-15/h4-8,12,16H,9-10H2,1-3H3/t12-/m0/s1. The van der Waals surface area contributed by atoms with E-state index in [-0.39, 0.29) is 5.41 Å². The van der Waals surface area contributed by atoms with Crippen LogP contribution in [0, 0.1) is 16.7 Å². The van der Waals surface area contributed by atoms with Crippen LogP contribution in [0.4, 0.5) is 0 Å². The molecule has 86 valence electrons. The summed E-state index contributed by atoms with van der Waals surface area (Å²) in [6, 6.07) is 13.0. The lowest BCUT2D eigenvalue weighted by Gasteiger charge is -2.18. The second kappa shape index (κ2) is 5.67. The van der Waals surface area contributed by atoms with E-state index in [2.05, 4.69) is 30.4 Å². The van der Waals surface area contributed by atoms with Crippen LogP contribution in [0.3, 0.4) is 0 Å². The van der Waals surface area contributed by atoms with Crippen LogP contribution in [0.1, 0.15) is 38.8 Å². The molecule has 0 bridgehead atoms. The van der Waals surface area contributed by atoms with Crippen molar-refractivity contribution in [1.82, 2.24) is 5.32 Å². The lowest BCUT2D eigenvalue weighted by atomic mass is 9.91. The Morgan fingerprint density at radius 3 is 2.50 bits per heavy atom. The third-order valence-electron chi connectivity index (χ3n) is 2.80. The van der Waals surface area contributed by atoms with Gasteiger partial charge in [0.1, 0.15) is 0 Å². The Kier molecular flexibility index (Phi) is 4.52. The lowest BCUT2D eigenvalue weighted by molar-refractivity contribution is 0.416. The summed E-state index contributed by atoms with van der Waals surface area (Å²) in [5.74, 6) is 0. The van der Waals surface area contributed by atoms with E-state index in [1.807, 2.05) is 32.0 Å². The third-order valence-corrected chi connectivity index (χ3v) is 2.80. The highest BCUT2D eigenvalue weighted by molar-refractivity contribution is 5.17. The molecule has 0 fully saturated rings. The summed E-state index contributed by atoms with van der Waals surface area (Å²) in [5.41, 5.74) is 1.06. The molecule has 0 amide bonds. The van der Waals surface area contributed by atoms with E-state index >= 15 is 0 Å². The average Bonchev–Trinajstić information content (AvgIpc) is 2.30. The molecule has 1 atom stereocenters. The smallest absolute Gasteiger partial charge is 0.0684 e. The van der Waals surface area contributed by atoms with Gasteiger partial charge in [-0.25, -0.2) is 0 Å². The maximum Gasteiger partial charge on any atom is 0.0684 e.